The van der Waals surface area contributed by atoms with Crippen LogP contribution in [0.25, 0.3) is 10.9 Å². The molecule has 7 nitrogen and oxygen atoms in total. The predicted octanol–water partition coefficient (Wildman–Crippen LogP) is -0.146. The molecule has 22 heavy (non-hydrogen) atoms. The second-order valence-electron chi connectivity index (χ2n) is 5.22. The molecule has 1 amide bonds. The first-order chi connectivity index (χ1) is 10.4. The SMILES string of the molecule is CC(=O)NCCC(O)C(O)c1ccc2ncn(C)c(=O)c2c1. The normalized spacial score (nSPS) is 13.8. The molecule has 0 saturated carbocycles. The number of rotatable bonds is 5. The molecule has 3 N–H and O–H groups in total. The Bertz CT molecular complexity index is 741. The highest BCUT2D eigenvalue weighted by Gasteiger charge is 2.19. The van der Waals surface area contributed by atoms with Crippen molar-refractivity contribution < 1.29 is 15.0 Å². The van der Waals surface area contributed by atoms with Crippen LogP contribution in [-0.2, 0) is 11.8 Å². The number of nitrogens with one attached hydrogen (secondary N) is 1. The second-order valence-corrected chi connectivity index (χ2v) is 5.22. The Morgan fingerprint density at radius 1 is 1.41 bits per heavy atom. The van der Waals surface area contributed by atoms with Gasteiger partial charge in [-0.3, -0.25) is 9.59 Å². The van der Waals surface area contributed by atoms with E-state index >= 15 is 0 Å². The summed E-state index contributed by atoms with van der Waals surface area (Å²) >= 11 is 0. The van der Waals surface area contributed by atoms with Crippen LogP contribution in [0.4, 0.5) is 0 Å². The van der Waals surface area contributed by atoms with Crippen LogP contribution < -0.4 is 10.9 Å². The fourth-order valence-corrected chi connectivity index (χ4v) is 2.19. The van der Waals surface area contributed by atoms with E-state index < -0.39 is 12.2 Å². The van der Waals surface area contributed by atoms with Crippen LogP contribution in [0.5, 0.6) is 0 Å². The van der Waals surface area contributed by atoms with Gasteiger partial charge < -0.3 is 20.1 Å². The van der Waals surface area contributed by atoms with Gasteiger partial charge in [-0.2, -0.15) is 0 Å². The van der Waals surface area contributed by atoms with Gasteiger partial charge in [0.2, 0.25) is 5.91 Å². The maximum atomic E-state index is 12.1. The summed E-state index contributed by atoms with van der Waals surface area (Å²) in [5, 5.41) is 23.1. The Morgan fingerprint density at radius 3 is 2.82 bits per heavy atom. The smallest absolute Gasteiger partial charge is 0.260 e. The number of fused-ring (bicyclic) bond motifs is 1. The summed E-state index contributed by atoms with van der Waals surface area (Å²) in [6.45, 7) is 1.65. The minimum absolute atomic E-state index is 0.193. The molecule has 1 aromatic heterocycles. The number of aryl methyl sites for hydroxylation is 1. The lowest BCUT2D eigenvalue weighted by molar-refractivity contribution is -0.119. The first kappa shape index (κ1) is 16.1. The monoisotopic (exact) mass is 305 g/mol. The standard InChI is InChI=1S/C15H19N3O4/c1-9(19)16-6-5-13(20)14(21)10-3-4-12-11(7-10)15(22)18(2)8-17-12/h3-4,7-8,13-14,20-21H,5-6H2,1-2H3,(H,16,19). The number of aromatic nitrogens is 2. The minimum Gasteiger partial charge on any atom is -0.390 e. The molecule has 0 saturated heterocycles. The lowest BCUT2D eigenvalue weighted by atomic mass is 10.0. The van der Waals surface area contributed by atoms with Gasteiger partial charge in [-0.05, 0) is 24.1 Å². The van der Waals surface area contributed by atoms with Crippen molar-refractivity contribution in [2.45, 2.75) is 25.6 Å². The first-order valence-electron chi connectivity index (χ1n) is 6.96. The van der Waals surface area contributed by atoms with Crippen molar-refractivity contribution in [3.8, 4) is 0 Å². The molecular formula is C15H19N3O4. The topological polar surface area (TPSA) is 104 Å². The summed E-state index contributed by atoms with van der Waals surface area (Å²) in [4.78, 5) is 27.0. The second kappa shape index (κ2) is 6.67. The quantitative estimate of drug-likeness (QED) is 0.713. The summed E-state index contributed by atoms with van der Waals surface area (Å²) in [5.74, 6) is -0.193. The first-order valence-corrected chi connectivity index (χ1v) is 6.96. The van der Waals surface area contributed by atoms with Gasteiger partial charge in [-0.1, -0.05) is 6.07 Å². The number of hydrogen-bond acceptors (Lipinski definition) is 5. The highest BCUT2D eigenvalue weighted by atomic mass is 16.3. The molecule has 0 bridgehead atoms. The van der Waals surface area contributed by atoms with Gasteiger partial charge in [0.25, 0.3) is 5.56 Å². The van der Waals surface area contributed by atoms with Crippen LogP contribution in [0, 0.1) is 0 Å². The molecule has 2 unspecified atom stereocenters. The summed E-state index contributed by atoms with van der Waals surface area (Å²) in [6.07, 6.45) is -0.528. The van der Waals surface area contributed by atoms with Crippen molar-refractivity contribution in [1.29, 1.82) is 0 Å². The van der Waals surface area contributed by atoms with Gasteiger partial charge in [-0.15, -0.1) is 0 Å². The molecule has 7 heteroatoms. The van der Waals surface area contributed by atoms with Gasteiger partial charge in [-0.25, -0.2) is 4.98 Å². The van der Waals surface area contributed by atoms with Crippen molar-refractivity contribution in [3.05, 3.63) is 40.4 Å². The van der Waals surface area contributed by atoms with Crippen LogP contribution in [0.1, 0.15) is 25.0 Å². The molecule has 2 atom stereocenters. The zero-order valence-corrected chi connectivity index (χ0v) is 12.5. The minimum atomic E-state index is -1.14. The summed E-state index contributed by atoms with van der Waals surface area (Å²) < 4.78 is 1.35. The summed E-state index contributed by atoms with van der Waals surface area (Å²) in [7, 11) is 1.60. The third kappa shape index (κ3) is 3.49. The highest BCUT2D eigenvalue weighted by molar-refractivity contribution is 5.78. The van der Waals surface area contributed by atoms with Crippen molar-refractivity contribution in [1.82, 2.24) is 14.9 Å². The summed E-state index contributed by atoms with van der Waals surface area (Å²) in [5.41, 5.74) is 0.756. The third-order valence-electron chi connectivity index (χ3n) is 3.46. The van der Waals surface area contributed by atoms with Crippen LogP contribution in [0.2, 0.25) is 0 Å². The average molecular weight is 305 g/mol. The number of aliphatic hydroxyl groups excluding tert-OH is 2. The van der Waals surface area contributed by atoms with E-state index in [0.717, 1.165) is 0 Å². The van der Waals surface area contributed by atoms with Gasteiger partial charge >= 0.3 is 0 Å². The van der Waals surface area contributed by atoms with Gasteiger partial charge in [0, 0.05) is 20.5 Å². The molecule has 0 fully saturated rings. The number of carbonyl (C=O) groups excluding carboxylic acids is 1. The number of aliphatic hydroxyl groups is 2. The predicted molar refractivity (Wildman–Crippen MR) is 81.3 cm³/mol. The molecule has 1 heterocycles. The Labute approximate surface area is 127 Å². The van der Waals surface area contributed by atoms with Gasteiger partial charge in [0.1, 0.15) is 6.10 Å². The molecule has 0 aliphatic carbocycles. The zero-order chi connectivity index (χ0) is 16.3. The number of amides is 1. The van der Waals surface area contributed by atoms with Crippen LogP contribution >= 0.6 is 0 Å². The van der Waals surface area contributed by atoms with Crippen molar-refractivity contribution in [3.63, 3.8) is 0 Å². The molecule has 118 valence electrons. The number of hydrogen-bond donors (Lipinski definition) is 3. The Balaban J connectivity index is 2.21. The van der Waals surface area contributed by atoms with E-state index in [-0.39, 0.29) is 24.4 Å². The lowest BCUT2D eigenvalue weighted by Crippen LogP contribution is -2.27. The van der Waals surface area contributed by atoms with E-state index in [0.29, 0.717) is 16.5 Å². The summed E-state index contributed by atoms with van der Waals surface area (Å²) in [6, 6.07) is 4.80. The van der Waals surface area contributed by atoms with E-state index in [1.807, 2.05) is 0 Å². The fourth-order valence-electron chi connectivity index (χ4n) is 2.19. The van der Waals surface area contributed by atoms with Crippen LogP contribution in [-0.4, -0.2) is 38.3 Å². The molecule has 0 aliphatic rings. The largest absolute Gasteiger partial charge is 0.390 e. The van der Waals surface area contributed by atoms with Crippen LogP contribution in [0.15, 0.2) is 29.3 Å². The Kier molecular flexibility index (Phi) is 4.89. The van der Waals surface area contributed by atoms with Crippen molar-refractivity contribution in [2.75, 3.05) is 6.54 Å². The van der Waals surface area contributed by atoms with Crippen molar-refractivity contribution >= 4 is 16.8 Å². The molecule has 0 aliphatic heterocycles. The van der Waals surface area contributed by atoms with E-state index in [1.54, 1.807) is 19.2 Å². The fraction of sp³-hybridized carbons (Fsp3) is 0.400. The lowest BCUT2D eigenvalue weighted by Gasteiger charge is -2.18. The molecule has 2 aromatic rings. The molecular weight excluding hydrogens is 286 g/mol. The highest BCUT2D eigenvalue weighted by Crippen LogP contribution is 2.21. The van der Waals surface area contributed by atoms with E-state index in [4.69, 9.17) is 0 Å². The Morgan fingerprint density at radius 2 is 2.14 bits per heavy atom. The molecule has 0 radical (unpaired) electrons. The molecule has 0 spiro atoms. The third-order valence-corrected chi connectivity index (χ3v) is 3.46. The van der Waals surface area contributed by atoms with Gasteiger partial charge in [0.05, 0.1) is 23.3 Å². The average Bonchev–Trinajstić information content (AvgIpc) is 2.49. The number of carbonyl (C=O) groups is 1. The zero-order valence-electron chi connectivity index (χ0n) is 12.5. The van der Waals surface area contributed by atoms with E-state index in [9.17, 15) is 19.8 Å². The Hall–Kier alpha value is -2.25. The molecule has 1 aromatic carbocycles. The maximum absolute atomic E-state index is 12.1. The number of nitrogens with zero attached hydrogens (tertiary/aromatic N) is 2. The van der Waals surface area contributed by atoms with Crippen LogP contribution in [0.3, 0.4) is 0 Å². The van der Waals surface area contributed by atoms with Gasteiger partial charge in [0.15, 0.2) is 0 Å². The van der Waals surface area contributed by atoms with E-state index in [1.165, 1.54) is 23.9 Å². The van der Waals surface area contributed by atoms with Crippen molar-refractivity contribution in [2.24, 2.45) is 7.05 Å². The molecule has 2 rings (SSSR count). The maximum Gasteiger partial charge on any atom is 0.260 e. The number of benzene rings is 1. The van der Waals surface area contributed by atoms with E-state index in [2.05, 4.69) is 10.3 Å².